The fourth-order valence-electron chi connectivity index (χ4n) is 4.75. The molecule has 1 aliphatic heterocycles. The van der Waals surface area contributed by atoms with E-state index in [-0.39, 0.29) is 6.79 Å². The molecule has 0 unspecified atom stereocenters. The molecule has 6 rings (SSSR count). The van der Waals surface area contributed by atoms with Crippen molar-refractivity contribution in [3.63, 3.8) is 0 Å². The van der Waals surface area contributed by atoms with Gasteiger partial charge in [0, 0.05) is 36.6 Å². The molecule has 1 aliphatic rings. The second kappa shape index (κ2) is 11.6. The van der Waals surface area contributed by atoms with Gasteiger partial charge in [0.15, 0.2) is 29.6 Å². The summed E-state index contributed by atoms with van der Waals surface area (Å²) in [4.78, 5) is 18.3. The summed E-state index contributed by atoms with van der Waals surface area (Å²) in [6, 6.07) is 29.1. The van der Waals surface area contributed by atoms with Crippen LogP contribution in [0.15, 0.2) is 97.3 Å². The lowest BCUT2D eigenvalue weighted by molar-refractivity contribution is -0.139. The lowest BCUT2D eigenvalue weighted by atomic mass is 10.0. The molecule has 212 valence electrons. The van der Waals surface area contributed by atoms with Crippen molar-refractivity contribution in [3.05, 3.63) is 103 Å². The number of rotatable bonds is 10. The molecule has 0 radical (unpaired) electrons. The third-order valence-electron chi connectivity index (χ3n) is 6.86. The van der Waals surface area contributed by atoms with Crippen LogP contribution in [0.4, 0.5) is 5.69 Å². The van der Waals surface area contributed by atoms with E-state index in [1.165, 1.54) is 0 Å². The second-order valence-corrected chi connectivity index (χ2v) is 9.91. The molecule has 0 atom stereocenters. The van der Waals surface area contributed by atoms with Gasteiger partial charge in [0.25, 0.3) is 0 Å². The molecular weight excluding hydrogens is 534 g/mol. The standard InChI is InChI=1S/C33H29N3O6/c1-35(2)25-10-12-26(13-11-25)36-20-34-32(23-8-14-28-30(16-23)42-21-41-28)33(36)24-9-15-27(29(17-24)40-19-31(37)38)39-18-22-6-4-3-5-7-22/h3-17,20H,18-19,21H2,1-2H3,(H,37,38). The van der Waals surface area contributed by atoms with Crippen LogP contribution < -0.4 is 23.8 Å². The van der Waals surface area contributed by atoms with E-state index in [9.17, 15) is 9.90 Å². The number of fused-ring (bicyclic) bond motifs is 1. The highest BCUT2D eigenvalue weighted by atomic mass is 16.7. The van der Waals surface area contributed by atoms with Crippen LogP contribution in [0.3, 0.4) is 0 Å². The Balaban J connectivity index is 1.45. The smallest absolute Gasteiger partial charge is 0.341 e. The van der Waals surface area contributed by atoms with Gasteiger partial charge < -0.3 is 29.0 Å². The summed E-state index contributed by atoms with van der Waals surface area (Å²) < 4.78 is 24.9. The van der Waals surface area contributed by atoms with Crippen LogP contribution in [-0.4, -0.2) is 48.1 Å². The van der Waals surface area contributed by atoms with Gasteiger partial charge in [0.1, 0.15) is 12.9 Å². The Kier molecular flexibility index (Phi) is 7.38. The first-order valence-corrected chi connectivity index (χ1v) is 13.4. The number of carboxylic acids is 1. The molecule has 0 amide bonds. The largest absolute Gasteiger partial charge is 0.485 e. The molecule has 9 nitrogen and oxygen atoms in total. The maximum atomic E-state index is 11.4. The van der Waals surface area contributed by atoms with E-state index in [0.717, 1.165) is 33.8 Å². The van der Waals surface area contributed by atoms with Crippen molar-refractivity contribution < 1.29 is 28.8 Å². The number of imidazole rings is 1. The van der Waals surface area contributed by atoms with Crippen molar-refractivity contribution in [3.8, 4) is 51.2 Å². The predicted molar refractivity (Wildman–Crippen MR) is 159 cm³/mol. The number of anilines is 1. The first-order valence-electron chi connectivity index (χ1n) is 13.4. The Labute approximate surface area is 243 Å². The Hall–Kier alpha value is -5.44. The summed E-state index contributed by atoms with van der Waals surface area (Å²) in [7, 11) is 3.99. The monoisotopic (exact) mass is 563 g/mol. The van der Waals surface area contributed by atoms with Crippen LogP contribution in [-0.2, 0) is 11.4 Å². The van der Waals surface area contributed by atoms with Crippen molar-refractivity contribution >= 4 is 11.7 Å². The van der Waals surface area contributed by atoms with E-state index in [1.54, 1.807) is 18.5 Å². The number of hydrogen-bond acceptors (Lipinski definition) is 7. The zero-order valence-electron chi connectivity index (χ0n) is 23.2. The van der Waals surface area contributed by atoms with E-state index < -0.39 is 12.6 Å². The van der Waals surface area contributed by atoms with Gasteiger partial charge in [-0.2, -0.15) is 0 Å². The van der Waals surface area contributed by atoms with Crippen LogP contribution in [0.25, 0.3) is 28.2 Å². The van der Waals surface area contributed by atoms with E-state index in [4.69, 9.17) is 23.9 Å². The van der Waals surface area contributed by atoms with Crippen molar-refractivity contribution in [2.24, 2.45) is 0 Å². The van der Waals surface area contributed by atoms with Crippen molar-refractivity contribution in [1.82, 2.24) is 9.55 Å². The lowest BCUT2D eigenvalue weighted by Crippen LogP contribution is -2.10. The molecule has 0 saturated carbocycles. The Morgan fingerprint density at radius 2 is 1.64 bits per heavy atom. The Morgan fingerprint density at radius 1 is 0.881 bits per heavy atom. The molecule has 9 heteroatoms. The Bertz CT molecular complexity index is 1710. The maximum absolute atomic E-state index is 11.4. The fraction of sp³-hybridized carbons (Fsp3) is 0.152. The summed E-state index contributed by atoms with van der Waals surface area (Å²) in [6.45, 7) is -0.0271. The average Bonchev–Trinajstić information content (AvgIpc) is 3.67. The molecule has 5 aromatic rings. The fourth-order valence-corrected chi connectivity index (χ4v) is 4.75. The number of nitrogens with zero attached hydrogens (tertiary/aromatic N) is 3. The molecule has 0 bridgehead atoms. The van der Waals surface area contributed by atoms with Gasteiger partial charge in [-0.05, 0) is 66.2 Å². The van der Waals surface area contributed by atoms with Crippen LogP contribution in [0.1, 0.15) is 5.56 Å². The molecule has 42 heavy (non-hydrogen) atoms. The molecule has 0 spiro atoms. The number of ether oxygens (including phenoxy) is 4. The first-order chi connectivity index (χ1) is 20.5. The number of carboxylic acid groups (broad SMARTS) is 1. The highest BCUT2D eigenvalue weighted by Gasteiger charge is 2.22. The number of carbonyl (C=O) groups is 1. The second-order valence-electron chi connectivity index (χ2n) is 9.91. The quantitative estimate of drug-likeness (QED) is 0.220. The van der Waals surface area contributed by atoms with Gasteiger partial charge in [-0.1, -0.05) is 30.3 Å². The molecule has 2 heterocycles. The summed E-state index contributed by atoms with van der Waals surface area (Å²) >= 11 is 0. The third-order valence-corrected chi connectivity index (χ3v) is 6.86. The summed E-state index contributed by atoms with van der Waals surface area (Å²) in [5, 5.41) is 9.35. The maximum Gasteiger partial charge on any atom is 0.341 e. The van der Waals surface area contributed by atoms with Crippen molar-refractivity contribution in [1.29, 1.82) is 0 Å². The van der Waals surface area contributed by atoms with E-state index >= 15 is 0 Å². The van der Waals surface area contributed by atoms with Crippen molar-refractivity contribution in [2.75, 3.05) is 32.4 Å². The van der Waals surface area contributed by atoms with Gasteiger partial charge in [-0.3, -0.25) is 4.57 Å². The van der Waals surface area contributed by atoms with Crippen LogP contribution in [0.5, 0.6) is 23.0 Å². The topological polar surface area (TPSA) is 95.3 Å². The summed E-state index contributed by atoms with van der Waals surface area (Å²) in [6.07, 6.45) is 1.78. The number of benzene rings is 4. The van der Waals surface area contributed by atoms with Gasteiger partial charge in [0.2, 0.25) is 6.79 Å². The van der Waals surface area contributed by atoms with Gasteiger partial charge in [-0.25, -0.2) is 9.78 Å². The predicted octanol–water partition coefficient (Wildman–Crippen LogP) is 6.04. The van der Waals surface area contributed by atoms with Crippen LogP contribution in [0, 0.1) is 0 Å². The van der Waals surface area contributed by atoms with Gasteiger partial charge in [0.05, 0.1) is 11.4 Å². The van der Waals surface area contributed by atoms with E-state index in [1.807, 2.05) is 102 Å². The molecule has 4 aromatic carbocycles. The average molecular weight is 564 g/mol. The first kappa shape index (κ1) is 26.8. The molecule has 1 aromatic heterocycles. The molecule has 1 N–H and O–H groups in total. The van der Waals surface area contributed by atoms with Crippen LogP contribution in [0.2, 0.25) is 0 Å². The summed E-state index contributed by atoms with van der Waals surface area (Å²) in [5.41, 5.74) is 6.08. The number of aliphatic carboxylic acids is 1. The Morgan fingerprint density at radius 3 is 2.40 bits per heavy atom. The molecule has 0 aliphatic carbocycles. The van der Waals surface area contributed by atoms with Crippen molar-refractivity contribution in [2.45, 2.75) is 6.61 Å². The normalized spacial score (nSPS) is 11.8. The van der Waals surface area contributed by atoms with Crippen LogP contribution >= 0.6 is 0 Å². The third kappa shape index (κ3) is 5.57. The minimum Gasteiger partial charge on any atom is -0.485 e. The minimum atomic E-state index is -1.08. The van der Waals surface area contributed by atoms with E-state index in [2.05, 4.69) is 0 Å². The zero-order chi connectivity index (χ0) is 29.1. The minimum absolute atomic E-state index is 0.174. The molecule has 0 saturated heterocycles. The van der Waals surface area contributed by atoms with E-state index in [0.29, 0.717) is 35.3 Å². The molecule has 0 fully saturated rings. The number of aromatic nitrogens is 2. The zero-order valence-corrected chi connectivity index (χ0v) is 23.2. The van der Waals surface area contributed by atoms with Gasteiger partial charge >= 0.3 is 5.97 Å². The van der Waals surface area contributed by atoms with Gasteiger partial charge in [-0.15, -0.1) is 0 Å². The number of hydrogen-bond donors (Lipinski definition) is 1. The summed E-state index contributed by atoms with van der Waals surface area (Å²) in [5.74, 6) is 1.01. The molecular formula is C33H29N3O6. The highest BCUT2D eigenvalue weighted by Crippen LogP contribution is 2.41. The lowest BCUT2D eigenvalue weighted by Gasteiger charge is -2.17. The SMILES string of the molecule is CN(C)c1ccc(-n2cnc(-c3ccc4c(c3)OCO4)c2-c2ccc(OCc3ccccc3)c(OCC(=O)O)c2)cc1. The highest BCUT2D eigenvalue weighted by molar-refractivity contribution is 5.82.